The van der Waals surface area contributed by atoms with E-state index in [1.807, 2.05) is 12.1 Å². The number of rotatable bonds is 7. The second-order valence-electron chi connectivity index (χ2n) is 8.65. The molecule has 36 heavy (non-hydrogen) atoms. The highest BCUT2D eigenvalue weighted by molar-refractivity contribution is 5.71. The summed E-state index contributed by atoms with van der Waals surface area (Å²) < 4.78 is 43.2. The summed E-state index contributed by atoms with van der Waals surface area (Å²) in [6, 6.07) is 15.4. The second-order valence-corrected chi connectivity index (χ2v) is 8.65. The van der Waals surface area contributed by atoms with Gasteiger partial charge in [-0.2, -0.15) is 5.26 Å². The standard InChI is InChI=1S/C28H24FNO6/c1-32-26-11-16(14-30)3-8-23(26)36-22-10-7-21(29)28-20(22)6-9-24(28)35-18-4-5-19-17(12-27(31)33-2)15-34-25(19)13-18/h3-5,7-8,10-11,13,17,24H,6,9,12,15H2,1-2H3/t17-,24-/m1/s1. The Morgan fingerprint density at radius 3 is 2.72 bits per heavy atom. The van der Waals surface area contributed by atoms with E-state index in [1.54, 1.807) is 30.3 Å². The van der Waals surface area contributed by atoms with Crippen LogP contribution in [0.2, 0.25) is 0 Å². The summed E-state index contributed by atoms with van der Waals surface area (Å²) in [5.41, 5.74) is 2.58. The summed E-state index contributed by atoms with van der Waals surface area (Å²) in [5, 5.41) is 9.13. The average Bonchev–Trinajstić information content (AvgIpc) is 3.50. The molecule has 1 heterocycles. The van der Waals surface area contributed by atoms with E-state index in [0.717, 1.165) is 11.1 Å². The Hall–Kier alpha value is -4.25. The van der Waals surface area contributed by atoms with Gasteiger partial charge in [-0.15, -0.1) is 0 Å². The molecule has 2 atom stereocenters. The molecule has 1 aliphatic heterocycles. The number of carbonyl (C=O) groups excluding carboxylic acids is 1. The van der Waals surface area contributed by atoms with Crippen molar-refractivity contribution in [1.82, 2.24) is 0 Å². The molecule has 8 heteroatoms. The number of hydrogen-bond donors (Lipinski definition) is 0. The molecule has 0 spiro atoms. The first-order valence-corrected chi connectivity index (χ1v) is 11.6. The van der Waals surface area contributed by atoms with Crippen molar-refractivity contribution in [2.75, 3.05) is 20.8 Å². The zero-order valence-electron chi connectivity index (χ0n) is 19.9. The van der Waals surface area contributed by atoms with Gasteiger partial charge in [0.15, 0.2) is 11.5 Å². The number of fused-ring (bicyclic) bond motifs is 2. The monoisotopic (exact) mass is 489 g/mol. The van der Waals surface area contributed by atoms with E-state index in [9.17, 15) is 9.18 Å². The number of hydrogen-bond acceptors (Lipinski definition) is 7. The predicted octanol–water partition coefficient (Wildman–Crippen LogP) is 5.60. The van der Waals surface area contributed by atoms with E-state index in [-0.39, 0.29) is 24.1 Å². The first-order valence-electron chi connectivity index (χ1n) is 11.6. The molecule has 0 N–H and O–H groups in total. The lowest BCUT2D eigenvalue weighted by molar-refractivity contribution is -0.141. The summed E-state index contributed by atoms with van der Waals surface area (Å²) in [7, 11) is 2.87. The van der Waals surface area contributed by atoms with Gasteiger partial charge in [0.2, 0.25) is 0 Å². The number of methoxy groups -OCH3 is 2. The Morgan fingerprint density at radius 2 is 1.94 bits per heavy atom. The van der Waals surface area contributed by atoms with Crippen LogP contribution in [0, 0.1) is 17.1 Å². The van der Waals surface area contributed by atoms with Crippen molar-refractivity contribution in [3.63, 3.8) is 0 Å². The molecule has 0 aromatic heterocycles. The Kier molecular flexibility index (Phi) is 6.38. The number of ether oxygens (including phenoxy) is 5. The predicted molar refractivity (Wildman–Crippen MR) is 127 cm³/mol. The van der Waals surface area contributed by atoms with Gasteiger partial charge in [-0.1, -0.05) is 6.07 Å². The Labute approximate surface area is 207 Å². The Bertz CT molecular complexity index is 1360. The summed E-state index contributed by atoms with van der Waals surface area (Å²) in [4.78, 5) is 11.7. The van der Waals surface area contributed by atoms with Crippen molar-refractivity contribution < 1.29 is 32.9 Å². The minimum atomic E-state index is -0.489. The molecule has 0 amide bonds. The number of esters is 1. The molecule has 7 nitrogen and oxygen atoms in total. The van der Waals surface area contributed by atoms with Gasteiger partial charge in [-0.3, -0.25) is 4.79 Å². The van der Waals surface area contributed by atoms with Gasteiger partial charge in [0.25, 0.3) is 0 Å². The first-order chi connectivity index (χ1) is 17.5. The quantitative estimate of drug-likeness (QED) is 0.399. The molecule has 0 bridgehead atoms. The first kappa shape index (κ1) is 23.5. The van der Waals surface area contributed by atoms with Crippen LogP contribution in [0.3, 0.4) is 0 Å². The number of nitriles is 1. The highest BCUT2D eigenvalue weighted by Crippen LogP contribution is 2.45. The van der Waals surface area contributed by atoms with E-state index in [2.05, 4.69) is 6.07 Å². The fourth-order valence-corrected chi connectivity index (χ4v) is 4.74. The van der Waals surface area contributed by atoms with Crippen LogP contribution in [0.15, 0.2) is 48.5 Å². The molecule has 0 saturated carbocycles. The van der Waals surface area contributed by atoms with Crippen LogP contribution in [0.5, 0.6) is 28.7 Å². The zero-order valence-corrected chi connectivity index (χ0v) is 19.9. The van der Waals surface area contributed by atoms with Crippen LogP contribution in [0.4, 0.5) is 4.39 Å². The van der Waals surface area contributed by atoms with Crippen LogP contribution < -0.4 is 18.9 Å². The topological polar surface area (TPSA) is 87.0 Å². The molecule has 2 aliphatic rings. The molecule has 0 fully saturated rings. The summed E-state index contributed by atoms with van der Waals surface area (Å²) in [6.07, 6.45) is 0.920. The van der Waals surface area contributed by atoms with Crippen molar-refractivity contribution in [3.05, 3.63) is 76.6 Å². The van der Waals surface area contributed by atoms with Crippen LogP contribution in [-0.2, 0) is 16.0 Å². The van der Waals surface area contributed by atoms with Gasteiger partial charge >= 0.3 is 5.97 Å². The minimum absolute atomic E-state index is 0.0647. The average molecular weight is 489 g/mol. The van der Waals surface area contributed by atoms with Crippen LogP contribution >= 0.6 is 0 Å². The SMILES string of the molecule is COC(=O)C[C@@H]1COc2cc(O[C@@H]3CCc4c(Oc5ccc(C#N)cc5OC)ccc(F)c43)ccc21. The molecule has 0 saturated heterocycles. The second kappa shape index (κ2) is 9.78. The maximum Gasteiger partial charge on any atom is 0.306 e. The Balaban J connectivity index is 1.37. The van der Waals surface area contributed by atoms with Gasteiger partial charge in [0.05, 0.1) is 38.9 Å². The normalized spacial score (nSPS) is 17.4. The lowest BCUT2D eigenvalue weighted by Crippen LogP contribution is -2.09. The lowest BCUT2D eigenvalue weighted by atomic mass is 9.98. The van der Waals surface area contributed by atoms with Crippen LogP contribution in [0.1, 0.15) is 47.1 Å². The molecule has 3 aromatic rings. The molecular formula is C28H24FNO6. The number of nitrogens with zero attached hydrogens (tertiary/aromatic N) is 1. The van der Waals surface area contributed by atoms with Crippen molar-refractivity contribution in [2.45, 2.75) is 31.3 Å². The third kappa shape index (κ3) is 4.40. The number of carbonyl (C=O) groups is 1. The van der Waals surface area contributed by atoms with Crippen LogP contribution in [-0.4, -0.2) is 26.8 Å². The van der Waals surface area contributed by atoms with Crippen molar-refractivity contribution >= 4 is 5.97 Å². The van der Waals surface area contributed by atoms with Gasteiger partial charge in [0, 0.05) is 34.7 Å². The van der Waals surface area contributed by atoms with Crippen molar-refractivity contribution in [2.24, 2.45) is 0 Å². The third-order valence-corrected chi connectivity index (χ3v) is 6.54. The summed E-state index contributed by atoms with van der Waals surface area (Å²) in [6.45, 7) is 0.397. The van der Waals surface area contributed by atoms with Gasteiger partial charge < -0.3 is 23.7 Å². The molecule has 0 unspecified atom stereocenters. The van der Waals surface area contributed by atoms with Gasteiger partial charge in [0.1, 0.15) is 29.2 Å². The zero-order chi connectivity index (χ0) is 25.2. The molecular weight excluding hydrogens is 465 g/mol. The Morgan fingerprint density at radius 1 is 1.11 bits per heavy atom. The minimum Gasteiger partial charge on any atom is -0.493 e. The largest absolute Gasteiger partial charge is 0.493 e. The highest BCUT2D eigenvalue weighted by Gasteiger charge is 2.32. The highest BCUT2D eigenvalue weighted by atomic mass is 19.1. The van der Waals surface area contributed by atoms with E-state index < -0.39 is 6.10 Å². The van der Waals surface area contributed by atoms with Gasteiger partial charge in [-0.05, 0) is 43.2 Å². The fraction of sp³-hybridized carbons (Fsp3) is 0.286. The van der Waals surface area contributed by atoms with E-state index in [0.29, 0.717) is 59.3 Å². The third-order valence-electron chi connectivity index (χ3n) is 6.54. The molecule has 1 aliphatic carbocycles. The van der Waals surface area contributed by atoms with Crippen molar-refractivity contribution in [3.8, 4) is 34.8 Å². The molecule has 3 aromatic carbocycles. The molecule has 5 rings (SSSR count). The maximum absolute atomic E-state index is 15.0. The van der Waals surface area contributed by atoms with Crippen LogP contribution in [0.25, 0.3) is 0 Å². The number of benzene rings is 3. The van der Waals surface area contributed by atoms with Crippen molar-refractivity contribution in [1.29, 1.82) is 5.26 Å². The molecule has 0 radical (unpaired) electrons. The summed E-state index contributed by atoms with van der Waals surface area (Å²) in [5.74, 6) is 1.88. The van der Waals surface area contributed by atoms with E-state index >= 15 is 0 Å². The van der Waals surface area contributed by atoms with Gasteiger partial charge in [-0.25, -0.2) is 4.39 Å². The maximum atomic E-state index is 15.0. The fourth-order valence-electron chi connectivity index (χ4n) is 4.74. The molecule has 184 valence electrons. The summed E-state index contributed by atoms with van der Waals surface area (Å²) >= 11 is 0. The van der Waals surface area contributed by atoms with E-state index in [1.165, 1.54) is 20.3 Å². The van der Waals surface area contributed by atoms with E-state index in [4.69, 9.17) is 28.9 Å². The lowest BCUT2D eigenvalue weighted by Gasteiger charge is -2.18. The smallest absolute Gasteiger partial charge is 0.306 e. The number of halogens is 1.